The van der Waals surface area contributed by atoms with Crippen molar-refractivity contribution in [3.63, 3.8) is 0 Å². The van der Waals surface area contributed by atoms with Crippen molar-refractivity contribution in [2.75, 3.05) is 19.1 Å². The Morgan fingerprint density at radius 2 is 1.74 bits per heavy atom. The van der Waals surface area contributed by atoms with E-state index >= 15 is 0 Å². The Kier molecular flexibility index (Phi) is 17.1. The molecule has 0 aliphatic rings. The van der Waals surface area contributed by atoms with Gasteiger partial charge in [0.05, 0.1) is 13.2 Å². The van der Waals surface area contributed by atoms with Crippen LogP contribution in [0.25, 0.3) is 0 Å². The van der Waals surface area contributed by atoms with Gasteiger partial charge in [-0.1, -0.05) is 44.8 Å². The van der Waals surface area contributed by atoms with E-state index in [0.29, 0.717) is 12.5 Å². The van der Waals surface area contributed by atoms with Crippen molar-refractivity contribution in [2.45, 2.75) is 58.3 Å². The van der Waals surface area contributed by atoms with Gasteiger partial charge in [-0.05, 0) is 37.8 Å². The molecule has 0 aliphatic carbocycles. The van der Waals surface area contributed by atoms with E-state index in [-0.39, 0.29) is 0 Å². The molecule has 110 valence electrons. The Balaban J connectivity index is 3.19. The normalized spacial score (nSPS) is 10.6. The fourth-order valence-electron chi connectivity index (χ4n) is 1.66. The van der Waals surface area contributed by atoms with Crippen LogP contribution in [0.3, 0.4) is 0 Å². The zero-order valence-electron chi connectivity index (χ0n) is 12.4. The summed E-state index contributed by atoms with van der Waals surface area (Å²) in [4.78, 5) is 0. The van der Waals surface area contributed by atoms with Gasteiger partial charge in [-0.2, -0.15) is 0 Å². The van der Waals surface area contributed by atoms with Crippen LogP contribution < -0.4 is 0 Å². The highest BCUT2D eigenvalue weighted by Crippen LogP contribution is 2.05. The van der Waals surface area contributed by atoms with Crippen molar-refractivity contribution in [2.24, 2.45) is 0 Å². The Labute approximate surface area is 124 Å². The highest BCUT2D eigenvalue weighted by atomic mass is 35.5. The van der Waals surface area contributed by atoms with Crippen molar-refractivity contribution >= 4 is 11.6 Å². The van der Waals surface area contributed by atoms with Gasteiger partial charge in [0, 0.05) is 5.88 Å². The predicted molar refractivity (Wildman–Crippen MR) is 85.9 cm³/mol. The molecule has 19 heavy (non-hydrogen) atoms. The van der Waals surface area contributed by atoms with Crippen LogP contribution in [-0.2, 0) is 4.74 Å². The number of rotatable bonds is 13. The third kappa shape index (κ3) is 17.5. The Morgan fingerprint density at radius 1 is 0.947 bits per heavy atom. The lowest BCUT2D eigenvalue weighted by molar-refractivity contribution is 0.167. The molecule has 1 nitrogen and oxygen atoms in total. The quantitative estimate of drug-likeness (QED) is 0.184. The smallest absolute Gasteiger partial charge is 0.0721 e. The summed E-state index contributed by atoms with van der Waals surface area (Å²) in [7, 11) is 0. The van der Waals surface area contributed by atoms with Crippen molar-refractivity contribution in [3.8, 4) is 0 Å². The van der Waals surface area contributed by atoms with E-state index in [4.69, 9.17) is 16.3 Å². The maximum Gasteiger partial charge on any atom is 0.0721 e. The van der Waals surface area contributed by atoms with E-state index in [0.717, 1.165) is 19.4 Å². The summed E-state index contributed by atoms with van der Waals surface area (Å²) in [5.41, 5.74) is 3.04. The van der Waals surface area contributed by atoms with E-state index in [1.807, 2.05) is 12.2 Å². The molecule has 0 unspecified atom stereocenters. The molecule has 0 rings (SSSR count). The number of halogens is 1. The van der Waals surface area contributed by atoms with Gasteiger partial charge in [0.1, 0.15) is 0 Å². The first-order valence-corrected chi connectivity index (χ1v) is 8.13. The van der Waals surface area contributed by atoms with Crippen LogP contribution in [-0.4, -0.2) is 19.1 Å². The minimum absolute atomic E-state index is 0.643. The largest absolute Gasteiger partial charge is 0.376 e. The monoisotopic (exact) mass is 284 g/mol. The highest BCUT2D eigenvalue weighted by Gasteiger charge is 1.86. The van der Waals surface area contributed by atoms with Crippen LogP contribution in [0.4, 0.5) is 0 Å². The number of ether oxygens (including phenoxy) is 1. The van der Waals surface area contributed by atoms with E-state index < -0.39 is 0 Å². The van der Waals surface area contributed by atoms with Crippen molar-refractivity contribution < 1.29 is 4.74 Å². The lowest BCUT2D eigenvalue weighted by atomic mass is 10.1. The topological polar surface area (TPSA) is 9.23 Å². The van der Waals surface area contributed by atoms with Crippen molar-refractivity contribution in [3.05, 3.63) is 30.0 Å². The van der Waals surface area contributed by atoms with Crippen LogP contribution in [0.1, 0.15) is 58.3 Å². The lowest BCUT2D eigenvalue weighted by Crippen LogP contribution is -1.91. The molecule has 0 N–H and O–H groups in total. The van der Waals surface area contributed by atoms with Crippen LogP contribution in [0, 0.1) is 0 Å². The van der Waals surface area contributed by atoms with Crippen LogP contribution in [0.15, 0.2) is 30.0 Å². The second-order valence-electron chi connectivity index (χ2n) is 4.59. The molecule has 0 saturated heterocycles. The average Bonchev–Trinajstić information content (AvgIpc) is 2.43. The number of allylic oxidation sites excluding steroid dienone is 1. The molecule has 0 spiro atoms. The molecule has 0 fully saturated rings. The fraction of sp³-hybridized carbons (Fsp3) is 0.706. The Bertz CT molecular complexity index is 252. The standard InChI is InChI=1S/C17H29ClO/c1-2-3-4-5-6-7-8-10-13-16-19-17-14-11-9-12-15-18/h8-10,14H,2-7,12-13,15-17H2,1H3. The summed E-state index contributed by atoms with van der Waals surface area (Å²) >= 11 is 5.54. The zero-order valence-corrected chi connectivity index (χ0v) is 13.1. The average molecular weight is 285 g/mol. The highest BCUT2D eigenvalue weighted by molar-refractivity contribution is 6.17. The maximum absolute atomic E-state index is 5.54. The minimum Gasteiger partial charge on any atom is -0.376 e. The van der Waals surface area contributed by atoms with E-state index in [2.05, 4.69) is 24.8 Å². The molecule has 0 aromatic heterocycles. The first kappa shape index (κ1) is 18.5. The van der Waals surface area contributed by atoms with Crippen LogP contribution in [0.5, 0.6) is 0 Å². The molecule has 0 saturated carbocycles. The molecule has 0 atom stereocenters. The number of hydrogen-bond donors (Lipinski definition) is 0. The summed E-state index contributed by atoms with van der Waals surface area (Å²) in [5.74, 6) is 0.658. The first-order valence-electron chi connectivity index (χ1n) is 7.60. The van der Waals surface area contributed by atoms with Gasteiger partial charge in [-0.3, -0.25) is 0 Å². The van der Waals surface area contributed by atoms with Gasteiger partial charge in [0.2, 0.25) is 0 Å². The minimum atomic E-state index is 0.643. The first-order chi connectivity index (χ1) is 9.41. The molecule has 0 aromatic carbocycles. The van der Waals surface area contributed by atoms with Gasteiger partial charge in [-0.25, -0.2) is 0 Å². The number of hydrogen-bond acceptors (Lipinski definition) is 1. The second-order valence-corrected chi connectivity index (χ2v) is 4.97. The van der Waals surface area contributed by atoms with Gasteiger partial charge in [-0.15, -0.1) is 17.3 Å². The van der Waals surface area contributed by atoms with Gasteiger partial charge in [0.25, 0.3) is 0 Å². The maximum atomic E-state index is 5.54. The molecule has 0 heterocycles. The fourth-order valence-corrected chi connectivity index (χ4v) is 1.77. The molecular weight excluding hydrogens is 256 g/mol. The molecule has 0 aliphatic heterocycles. The molecule has 0 bridgehead atoms. The van der Waals surface area contributed by atoms with Crippen molar-refractivity contribution in [1.29, 1.82) is 0 Å². The van der Waals surface area contributed by atoms with Gasteiger partial charge < -0.3 is 4.74 Å². The molecule has 0 radical (unpaired) electrons. The molecule has 0 aromatic rings. The summed E-state index contributed by atoms with van der Waals surface area (Å²) in [5, 5.41) is 0. The molecular formula is C17H29ClO. The number of alkyl halides is 1. The zero-order chi connectivity index (χ0) is 14.0. The van der Waals surface area contributed by atoms with E-state index in [1.54, 1.807) is 0 Å². The molecule has 2 heteroatoms. The van der Waals surface area contributed by atoms with Crippen LogP contribution in [0.2, 0.25) is 0 Å². The second kappa shape index (κ2) is 17.5. The Hall–Kier alpha value is -0.490. The lowest BCUT2D eigenvalue weighted by Gasteiger charge is -1.97. The summed E-state index contributed by atoms with van der Waals surface area (Å²) in [6.45, 7) is 3.69. The summed E-state index contributed by atoms with van der Waals surface area (Å²) in [6.07, 6.45) is 18.2. The summed E-state index contributed by atoms with van der Waals surface area (Å²) in [6, 6.07) is 0. The third-order valence-corrected chi connectivity index (χ3v) is 2.98. The van der Waals surface area contributed by atoms with E-state index in [9.17, 15) is 0 Å². The SMILES string of the molecule is CCCCCCCC=CCCOCC=C=CCCCl. The predicted octanol–water partition coefficient (Wildman–Crippen LogP) is 5.65. The summed E-state index contributed by atoms with van der Waals surface area (Å²) < 4.78 is 5.45. The number of unbranched alkanes of at least 4 members (excludes halogenated alkanes) is 5. The van der Waals surface area contributed by atoms with E-state index in [1.165, 1.54) is 38.5 Å². The third-order valence-electron chi connectivity index (χ3n) is 2.76. The Morgan fingerprint density at radius 3 is 2.53 bits per heavy atom. The van der Waals surface area contributed by atoms with Crippen molar-refractivity contribution in [1.82, 2.24) is 0 Å². The van der Waals surface area contributed by atoms with Crippen LogP contribution >= 0.6 is 11.6 Å². The van der Waals surface area contributed by atoms with Gasteiger partial charge in [0.15, 0.2) is 0 Å². The van der Waals surface area contributed by atoms with Gasteiger partial charge >= 0.3 is 0 Å². The molecule has 0 amide bonds.